The van der Waals surface area contributed by atoms with Crippen molar-refractivity contribution in [3.8, 4) is 5.75 Å². The molecule has 0 radical (unpaired) electrons. The van der Waals surface area contributed by atoms with Crippen molar-refractivity contribution in [2.45, 2.75) is 44.7 Å². The molecule has 0 aliphatic carbocycles. The van der Waals surface area contributed by atoms with Gasteiger partial charge in [-0.15, -0.1) is 0 Å². The molecule has 2 aliphatic heterocycles. The Kier molecular flexibility index (Phi) is 7.03. The topological polar surface area (TPSA) is 53.1 Å². The average molecular weight is 450 g/mol. The Labute approximate surface area is 197 Å². The summed E-state index contributed by atoms with van der Waals surface area (Å²) in [5, 5.41) is 0. The molecule has 6 heteroatoms. The average Bonchev–Trinajstić information content (AvgIpc) is 2.84. The Morgan fingerprint density at radius 2 is 1.79 bits per heavy atom. The van der Waals surface area contributed by atoms with E-state index < -0.39 is 6.04 Å². The minimum Gasteiger partial charge on any atom is -0.496 e. The van der Waals surface area contributed by atoms with Gasteiger partial charge in [0.05, 0.1) is 19.1 Å². The first-order valence-corrected chi connectivity index (χ1v) is 11.9. The number of aryl methyl sites for hydroxylation is 1. The monoisotopic (exact) mass is 449 g/mol. The summed E-state index contributed by atoms with van der Waals surface area (Å²) >= 11 is 0. The number of likely N-dealkylation sites (tertiary alicyclic amines) is 1. The van der Waals surface area contributed by atoms with E-state index >= 15 is 0 Å². The summed E-state index contributed by atoms with van der Waals surface area (Å²) in [6.07, 6.45) is 3.01. The lowest BCUT2D eigenvalue weighted by atomic mass is 9.82. The van der Waals surface area contributed by atoms with Crippen LogP contribution < -0.4 is 9.64 Å². The quantitative estimate of drug-likeness (QED) is 0.691. The lowest BCUT2D eigenvalue weighted by molar-refractivity contribution is -0.140. The Balaban J connectivity index is 1.75. The fourth-order valence-electron chi connectivity index (χ4n) is 5.24. The van der Waals surface area contributed by atoms with Crippen molar-refractivity contribution in [1.29, 1.82) is 0 Å². The van der Waals surface area contributed by atoms with E-state index in [9.17, 15) is 9.59 Å². The second kappa shape index (κ2) is 9.96. The number of carbonyl (C=O) groups excluding carboxylic acids is 2. The molecule has 2 fully saturated rings. The zero-order valence-corrected chi connectivity index (χ0v) is 20.2. The third-order valence-electron chi connectivity index (χ3n) is 7.12. The molecule has 2 aromatic rings. The molecule has 2 saturated heterocycles. The third kappa shape index (κ3) is 4.76. The molecule has 2 amide bonds. The normalized spacial score (nSPS) is 23.7. The van der Waals surface area contributed by atoms with Crippen LogP contribution >= 0.6 is 0 Å². The molecule has 0 N–H and O–H groups in total. The number of hydrogen-bond acceptors (Lipinski definition) is 4. The number of nitrogens with zero attached hydrogens (tertiary/aromatic N) is 3. The first-order chi connectivity index (χ1) is 15.9. The van der Waals surface area contributed by atoms with Gasteiger partial charge in [0.1, 0.15) is 5.75 Å². The molecule has 2 aliphatic rings. The van der Waals surface area contributed by atoms with Crippen LogP contribution in [0.2, 0.25) is 0 Å². The van der Waals surface area contributed by atoms with E-state index in [1.54, 1.807) is 7.11 Å². The summed E-state index contributed by atoms with van der Waals surface area (Å²) < 4.78 is 5.69. The van der Waals surface area contributed by atoms with Crippen LogP contribution in [0.4, 0.5) is 5.69 Å². The van der Waals surface area contributed by atoms with Gasteiger partial charge in [-0.25, -0.2) is 0 Å². The van der Waals surface area contributed by atoms with E-state index in [1.807, 2.05) is 65.3 Å². The highest BCUT2D eigenvalue weighted by Crippen LogP contribution is 2.44. The molecule has 0 bridgehead atoms. The molecule has 176 valence electrons. The number of rotatable bonds is 5. The Morgan fingerprint density at radius 3 is 2.48 bits per heavy atom. The van der Waals surface area contributed by atoms with E-state index in [0.29, 0.717) is 24.6 Å². The van der Waals surface area contributed by atoms with Crippen LogP contribution in [-0.4, -0.2) is 62.0 Å². The van der Waals surface area contributed by atoms with Gasteiger partial charge >= 0.3 is 0 Å². The molecule has 3 unspecified atom stereocenters. The van der Waals surface area contributed by atoms with Crippen molar-refractivity contribution in [3.05, 3.63) is 59.7 Å². The predicted molar refractivity (Wildman–Crippen MR) is 130 cm³/mol. The highest BCUT2D eigenvalue weighted by atomic mass is 16.5. The molecule has 0 aromatic heterocycles. The molecule has 0 spiro atoms. The number of methoxy groups -OCH3 is 1. The van der Waals surface area contributed by atoms with Gasteiger partial charge in [0.25, 0.3) is 0 Å². The molecular formula is C27H35N3O3. The number of ether oxygens (including phenoxy) is 1. The van der Waals surface area contributed by atoms with Gasteiger partial charge in [-0.3, -0.25) is 9.59 Å². The van der Waals surface area contributed by atoms with Crippen LogP contribution in [0.15, 0.2) is 48.5 Å². The number of anilines is 1. The van der Waals surface area contributed by atoms with E-state index in [-0.39, 0.29) is 17.7 Å². The lowest BCUT2D eigenvalue weighted by Crippen LogP contribution is -2.53. The number of hydrogen-bond donors (Lipinski definition) is 0. The van der Waals surface area contributed by atoms with Gasteiger partial charge in [-0.2, -0.15) is 0 Å². The van der Waals surface area contributed by atoms with Crippen LogP contribution in [0, 0.1) is 12.8 Å². The second-order valence-electron chi connectivity index (χ2n) is 9.48. The van der Waals surface area contributed by atoms with Crippen LogP contribution in [0.5, 0.6) is 5.75 Å². The molecule has 4 rings (SSSR count). The highest BCUT2D eigenvalue weighted by Gasteiger charge is 2.44. The number of amides is 2. The summed E-state index contributed by atoms with van der Waals surface area (Å²) in [7, 11) is 5.80. The van der Waals surface area contributed by atoms with Gasteiger partial charge < -0.3 is 19.4 Å². The highest BCUT2D eigenvalue weighted by molar-refractivity contribution is 5.97. The van der Waals surface area contributed by atoms with Gasteiger partial charge in [0, 0.05) is 36.8 Å². The summed E-state index contributed by atoms with van der Waals surface area (Å²) in [4.78, 5) is 33.3. The van der Waals surface area contributed by atoms with E-state index in [1.165, 1.54) is 0 Å². The van der Waals surface area contributed by atoms with Crippen molar-refractivity contribution in [2.24, 2.45) is 5.92 Å². The van der Waals surface area contributed by atoms with Crippen molar-refractivity contribution in [1.82, 2.24) is 9.80 Å². The van der Waals surface area contributed by atoms with Crippen LogP contribution in [0.1, 0.15) is 42.9 Å². The number of piperidine rings is 2. The molecule has 3 atom stereocenters. The first kappa shape index (κ1) is 23.3. The number of carbonyl (C=O) groups is 2. The van der Waals surface area contributed by atoms with E-state index in [0.717, 1.165) is 42.7 Å². The molecule has 2 heterocycles. The summed E-state index contributed by atoms with van der Waals surface area (Å²) in [6.45, 7) is 3.54. The Morgan fingerprint density at radius 1 is 1.06 bits per heavy atom. The largest absolute Gasteiger partial charge is 0.496 e. The molecule has 0 saturated carbocycles. The van der Waals surface area contributed by atoms with Gasteiger partial charge in [0.15, 0.2) is 0 Å². The molecule has 33 heavy (non-hydrogen) atoms. The van der Waals surface area contributed by atoms with Gasteiger partial charge in [-0.05, 0) is 58.5 Å². The van der Waals surface area contributed by atoms with Crippen molar-refractivity contribution in [3.63, 3.8) is 0 Å². The summed E-state index contributed by atoms with van der Waals surface area (Å²) in [5.41, 5.74) is 2.84. The van der Waals surface area contributed by atoms with Crippen LogP contribution in [-0.2, 0) is 9.59 Å². The standard InChI is InChI=1S/C27H35N3O3/c1-19-11-13-20(14-12-19)30-25(31)16-15-23(26(30)22-9-5-6-10-24(22)33-4)27(32)29-17-7-8-21(18-29)28(2)3/h5-6,9-14,21,23,26H,7-8,15-18H2,1-4H3. The minimum absolute atomic E-state index is 0.0450. The van der Waals surface area contributed by atoms with Gasteiger partial charge in [0.2, 0.25) is 11.8 Å². The van der Waals surface area contributed by atoms with Crippen molar-refractivity contribution < 1.29 is 14.3 Å². The van der Waals surface area contributed by atoms with Crippen LogP contribution in [0.3, 0.4) is 0 Å². The third-order valence-corrected chi connectivity index (χ3v) is 7.12. The Bertz CT molecular complexity index is 988. The number of para-hydroxylation sites is 1. The maximum Gasteiger partial charge on any atom is 0.228 e. The Hall–Kier alpha value is -2.86. The second-order valence-corrected chi connectivity index (χ2v) is 9.48. The van der Waals surface area contributed by atoms with Crippen molar-refractivity contribution >= 4 is 17.5 Å². The predicted octanol–water partition coefficient (Wildman–Crippen LogP) is 4.04. The summed E-state index contributed by atoms with van der Waals surface area (Å²) in [5.74, 6) is 0.573. The van der Waals surface area contributed by atoms with E-state index in [4.69, 9.17) is 4.74 Å². The van der Waals surface area contributed by atoms with Crippen molar-refractivity contribution in [2.75, 3.05) is 39.2 Å². The van der Waals surface area contributed by atoms with E-state index in [2.05, 4.69) is 19.0 Å². The maximum absolute atomic E-state index is 14.0. The van der Waals surface area contributed by atoms with Crippen LogP contribution in [0.25, 0.3) is 0 Å². The fourth-order valence-corrected chi connectivity index (χ4v) is 5.24. The minimum atomic E-state index is -0.405. The molecular weight excluding hydrogens is 414 g/mol. The zero-order valence-electron chi connectivity index (χ0n) is 20.2. The smallest absolute Gasteiger partial charge is 0.228 e. The fraction of sp³-hybridized carbons (Fsp3) is 0.481. The lowest BCUT2D eigenvalue weighted by Gasteiger charge is -2.44. The number of benzene rings is 2. The maximum atomic E-state index is 14.0. The van der Waals surface area contributed by atoms with Gasteiger partial charge in [-0.1, -0.05) is 35.9 Å². The first-order valence-electron chi connectivity index (χ1n) is 11.9. The summed E-state index contributed by atoms with van der Waals surface area (Å²) in [6, 6.07) is 15.7. The molecule has 2 aromatic carbocycles. The molecule has 6 nitrogen and oxygen atoms in total. The number of likely N-dealkylation sites (N-methyl/N-ethyl adjacent to an activating group) is 1. The zero-order chi connectivity index (χ0) is 23.5. The SMILES string of the molecule is COc1ccccc1C1C(C(=O)N2CCCC(N(C)C)C2)CCC(=O)N1c1ccc(C)cc1.